The number of nitrogens with zero attached hydrogens (tertiary/aromatic N) is 2. The van der Waals surface area contributed by atoms with Crippen molar-refractivity contribution < 1.29 is 9.90 Å². The molecule has 0 aliphatic rings. The lowest BCUT2D eigenvalue weighted by molar-refractivity contribution is -0.137. The van der Waals surface area contributed by atoms with Crippen LogP contribution in [0.25, 0.3) is 15.7 Å². The summed E-state index contributed by atoms with van der Waals surface area (Å²) in [5, 5.41) is 13.4. The minimum absolute atomic E-state index is 0.172. The number of thioether (sulfide) groups is 1. The number of pyridine rings is 1. The van der Waals surface area contributed by atoms with Crippen molar-refractivity contribution in [3.8, 4) is 12.3 Å². The van der Waals surface area contributed by atoms with Crippen molar-refractivity contribution in [2.24, 2.45) is 0 Å². The van der Waals surface area contributed by atoms with Gasteiger partial charge < -0.3 is 9.51 Å². The fraction of sp³-hybridized carbons (Fsp3) is 0.217. The summed E-state index contributed by atoms with van der Waals surface area (Å²) in [6.07, 6.45) is 9.09. The Kier molecular flexibility index (Phi) is 5.61. The average Bonchev–Trinajstić information content (AvgIpc) is 3.27. The zero-order valence-corrected chi connectivity index (χ0v) is 17.6. The first-order valence-corrected chi connectivity index (χ1v) is 11.2. The molecule has 0 atom stereocenters. The molecule has 0 radical (unpaired) electrons. The highest BCUT2D eigenvalue weighted by molar-refractivity contribution is 7.99. The fourth-order valence-electron chi connectivity index (χ4n) is 3.49. The lowest BCUT2D eigenvalue weighted by atomic mass is 10.0. The highest BCUT2D eigenvalue weighted by Crippen LogP contribution is 2.33. The summed E-state index contributed by atoms with van der Waals surface area (Å²) in [6.45, 7) is 2.15. The van der Waals surface area contributed by atoms with Crippen LogP contribution in [0.3, 0.4) is 0 Å². The normalized spacial score (nSPS) is 11.2. The Labute approximate surface area is 177 Å². The number of imidazole rings is 1. The smallest absolute Gasteiger partial charge is 0.303 e. The van der Waals surface area contributed by atoms with Crippen LogP contribution in [0.4, 0.5) is 0 Å². The van der Waals surface area contributed by atoms with Crippen molar-refractivity contribution in [2.45, 2.75) is 31.2 Å². The number of benzene rings is 1. The number of hydrogen-bond donors (Lipinski definition) is 1. The van der Waals surface area contributed by atoms with Gasteiger partial charge in [-0.1, -0.05) is 18.1 Å². The first-order valence-electron chi connectivity index (χ1n) is 9.34. The Hall–Kier alpha value is -2.75. The molecule has 0 unspecified atom stereocenters. The van der Waals surface area contributed by atoms with Crippen LogP contribution < -0.4 is 0 Å². The summed E-state index contributed by atoms with van der Waals surface area (Å²) in [7, 11) is 0. The van der Waals surface area contributed by atoms with Gasteiger partial charge in [0.05, 0.1) is 5.69 Å². The van der Waals surface area contributed by atoms with E-state index < -0.39 is 5.97 Å². The van der Waals surface area contributed by atoms with Crippen molar-refractivity contribution in [1.29, 1.82) is 0 Å². The van der Waals surface area contributed by atoms with Gasteiger partial charge in [0, 0.05) is 35.1 Å². The lowest BCUT2D eigenvalue weighted by Gasteiger charge is -2.06. The van der Waals surface area contributed by atoms with E-state index in [9.17, 15) is 4.79 Å². The number of aromatic nitrogens is 2. The molecule has 4 aromatic rings. The van der Waals surface area contributed by atoms with Crippen LogP contribution in [-0.2, 0) is 11.2 Å². The average molecular weight is 421 g/mol. The quantitative estimate of drug-likeness (QED) is 0.248. The summed E-state index contributed by atoms with van der Waals surface area (Å²) in [6, 6.07) is 10.2. The van der Waals surface area contributed by atoms with Crippen molar-refractivity contribution in [3.63, 3.8) is 0 Å². The molecule has 0 fully saturated rings. The molecule has 0 saturated carbocycles. The Morgan fingerprint density at radius 3 is 3.03 bits per heavy atom. The number of carboxylic acid groups (broad SMARTS) is 1. The molecule has 0 spiro atoms. The Balaban J connectivity index is 1.73. The first-order chi connectivity index (χ1) is 14.1. The minimum atomic E-state index is -0.764. The Morgan fingerprint density at radius 2 is 2.24 bits per heavy atom. The zero-order chi connectivity index (χ0) is 20.4. The highest BCUT2D eigenvalue weighted by Gasteiger charge is 2.16. The van der Waals surface area contributed by atoms with E-state index in [-0.39, 0.29) is 6.42 Å². The third-order valence-corrected chi connectivity index (χ3v) is 6.96. The Bertz CT molecular complexity index is 1250. The number of aryl methyl sites for hydroxylation is 1. The molecule has 3 heterocycles. The van der Waals surface area contributed by atoms with E-state index in [1.54, 1.807) is 23.1 Å². The van der Waals surface area contributed by atoms with Crippen molar-refractivity contribution in [2.75, 3.05) is 5.75 Å². The van der Waals surface area contributed by atoms with E-state index in [1.807, 2.05) is 18.3 Å². The van der Waals surface area contributed by atoms with Gasteiger partial charge in [0.2, 0.25) is 0 Å². The summed E-state index contributed by atoms with van der Waals surface area (Å²) in [5.41, 5.74) is 5.31. The molecule has 0 aliphatic carbocycles. The van der Waals surface area contributed by atoms with Gasteiger partial charge in [0.1, 0.15) is 10.7 Å². The van der Waals surface area contributed by atoms with Crippen LogP contribution >= 0.6 is 23.1 Å². The number of rotatable bonds is 7. The molecule has 4 nitrogen and oxygen atoms in total. The van der Waals surface area contributed by atoms with Crippen LogP contribution in [0.5, 0.6) is 0 Å². The van der Waals surface area contributed by atoms with E-state index >= 15 is 0 Å². The summed E-state index contributed by atoms with van der Waals surface area (Å²) < 4.78 is 3.39. The second-order valence-corrected chi connectivity index (χ2v) is 8.88. The van der Waals surface area contributed by atoms with Gasteiger partial charge in [-0.05, 0) is 53.4 Å². The minimum Gasteiger partial charge on any atom is -0.481 e. The van der Waals surface area contributed by atoms with Gasteiger partial charge in [-0.3, -0.25) is 4.79 Å². The van der Waals surface area contributed by atoms with Gasteiger partial charge in [0.15, 0.2) is 0 Å². The van der Waals surface area contributed by atoms with Crippen LogP contribution in [0.1, 0.15) is 35.2 Å². The molecule has 0 saturated heterocycles. The third-order valence-electron chi connectivity index (χ3n) is 4.87. The molecule has 6 heteroatoms. The molecule has 146 valence electrons. The number of carbonyl (C=O) groups is 1. The highest BCUT2D eigenvalue weighted by atomic mass is 32.2. The molecular weight excluding hydrogens is 400 g/mol. The molecular formula is C23H20N2O2S2. The van der Waals surface area contributed by atoms with Crippen LogP contribution in [0, 0.1) is 19.3 Å². The van der Waals surface area contributed by atoms with Crippen LogP contribution in [-0.4, -0.2) is 26.2 Å². The second kappa shape index (κ2) is 8.32. The number of carboxylic acids is 1. The predicted molar refractivity (Wildman–Crippen MR) is 120 cm³/mol. The molecule has 29 heavy (non-hydrogen) atoms. The summed E-state index contributed by atoms with van der Waals surface area (Å²) in [5.74, 6) is 2.62. The molecule has 0 bridgehead atoms. The first kappa shape index (κ1) is 19.6. The molecule has 0 aliphatic heterocycles. The number of aliphatic carboxylic acids is 1. The summed E-state index contributed by atoms with van der Waals surface area (Å²) in [4.78, 5) is 15.6. The zero-order valence-electron chi connectivity index (χ0n) is 16.0. The van der Waals surface area contributed by atoms with E-state index in [4.69, 9.17) is 16.5 Å². The fourth-order valence-corrected chi connectivity index (χ4v) is 5.50. The Morgan fingerprint density at radius 1 is 1.38 bits per heavy atom. The molecule has 1 aromatic carbocycles. The van der Waals surface area contributed by atoms with E-state index in [2.05, 4.69) is 40.8 Å². The van der Waals surface area contributed by atoms with Crippen molar-refractivity contribution in [1.82, 2.24) is 9.38 Å². The van der Waals surface area contributed by atoms with Crippen LogP contribution in [0.15, 0.2) is 46.9 Å². The van der Waals surface area contributed by atoms with E-state index in [0.717, 1.165) is 28.4 Å². The van der Waals surface area contributed by atoms with Gasteiger partial charge in [-0.15, -0.1) is 29.5 Å². The summed E-state index contributed by atoms with van der Waals surface area (Å²) >= 11 is 3.38. The monoisotopic (exact) mass is 420 g/mol. The van der Waals surface area contributed by atoms with E-state index in [1.165, 1.54) is 21.2 Å². The van der Waals surface area contributed by atoms with E-state index in [0.29, 0.717) is 12.2 Å². The van der Waals surface area contributed by atoms with Gasteiger partial charge >= 0.3 is 5.97 Å². The van der Waals surface area contributed by atoms with Gasteiger partial charge in [0.25, 0.3) is 0 Å². The topological polar surface area (TPSA) is 54.6 Å². The lowest BCUT2D eigenvalue weighted by Crippen LogP contribution is -1.98. The van der Waals surface area contributed by atoms with Gasteiger partial charge in [-0.2, -0.15) is 0 Å². The third kappa shape index (κ3) is 4.02. The number of terminal acetylenes is 1. The van der Waals surface area contributed by atoms with Crippen molar-refractivity contribution in [3.05, 3.63) is 64.3 Å². The van der Waals surface area contributed by atoms with Crippen LogP contribution in [0.2, 0.25) is 0 Å². The SMILES string of the molecule is C#Cc1ccn2c(Cc3csc4cccc(C)c34)c(SCCCC(=O)O)nc2c1. The number of thiophene rings is 1. The standard InChI is InChI=1S/C23H20N2O2S2/c1-3-16-9-10-25-18(13-17-14-29-19-7-4-6-15(2)22(17)19)23(24-20(25)12-16)28-11-5-8-21(26)27/h1,4,6-7,9-10,12,14H,5,8,11,13H2,2H3,(H,26,27). The molecule has 3 aromatic heterocycles. The maximum atomic E-state index is 10.8. The number of hydrogen-bond acceptors (Lipinski definition) is 4. The van der Waals surface area contributed by atoms with Gasteiger partial charge in [-0.25, -0.2) is 4.98 Å². The predicted octanol–water partition coefficient (Wildman–Crippen LogP) is 5.39. The number of fused-ring (bicyclic) bond motifs is 2. The maximum Gasteiger partial charge on any atom is 0.303 e. The van der Waals surface area contributed by atoms with Crippen molar-refractivity contribution >= 4 is 44.8 Å². The molecule has 1 N–H and O–H groups in total. The maximum absolute atomic E-state index is 10.8. The molecule has 0 amide bonds. The second-order valence-electron chi connectivity index (χ2n) is 6.88. The molecule has 4 rings (SSSR count). The largest absolute Gasteiger partial charge is 0.481 e.